The van der Waals surface area contributed by atoms with E-state index in [-0.39, 0.29) is 76.0 Å². The van der Waals surface area contributed by atoms with Crippen LogP contribution in [0.5, 0.6) is 5.75 Å². The number of imidazole rings is 2. The fraction of sp³-hybridized carbons (Fsp3) is 0.589. The van der Waals surface area contributed by atoms with Crippen LogP contribution in [0.1, 0.15) is 83.8 Å². The maximum absolute atomic E-state index is 13.8. The Labute approximate surface area is 604 Å². The number of ketones is 1. The van der Waals surface area contributed by atoms with E-state index in [0.29, 0.717) is 97.2 Å². The summed E-state index contributed by atoms with van der Waals surface area (Å²) in [5, 5.41) is 2.00. The third-order valence-electron chi connectivity index (χ3n) is 17.9. The van der Waals surface area contributed by atoms with Gasteiger partial charge in [0, 0.05) is 153 Å². The maximum atomic E-state index is 13.8. The number of rotatable bonds is 45. The molecule has 6 N–H and O–H groups in total. The van der Waals surface area contributed by atoms with Gasteiger partial charge in [-0.15, -0.1) is 0 Å². The number of Topliss-reactive ketones (excluding diaryl/α,β-unsaturated/α-hetero) is 1. The zero-order chi connectivity index (χ0) is 74.2. The van der Waals surface area contributed by atoms with Gasteiger partial charge in [-0.2, -0.15) is 8.78 Å². The van der Waals surface area contributed by atoms with Crippen LogP contribution in [-0.4, -0.2) is 271 Å². The van der Waals surface area contributed by atoms with E-state index >= 15 is 0 Å². The molecule has 4 aromatic heterocycles. The minimum atomic E-state index is -1.82. The first-order chi connectivity index (χ1) is 50.5. The molecule has 572 valence electrons. The molecular formula is C73H104F4N14O13. The minimum Gasteiger partial charge on any atom is -0.420 e. The van der Waals surface area contributed by atoms with Crippen molar-refractivity contribution >= 4 is 90.5 Å². The molecule has 3 aromatic carbocycles. The standard InChI is InChI=1S/C39H51F4N7O7.C34H53N7O6/c1-3-4-5-31-46-36-27-24-26(6-7-30(27)45-39(44)37(36)47-31)49-12-10-48(11-13-49)14-19-56-21-16-50(32(51)8-17-55-23-22-53-2)15-20-54-18-9-33(52)57-38-34(42)28(40)25-29(41)35(38)43;1-4-5-6-30-37-32-28-25-27(7-8-29(28)36-34(35)33(32)38-30)40-13-11-39(12-14-40)15-20-47-22-17-41(16-21-45-18-9-26(2)42)31(43)10-19-46-24-23-44-3/h6-7,24-25H,3-5,8-23H2,1-2H3,(H2,44,45)(H,46,47);7-8,25H,4-6,9-24H2,1-3H3,(H2,35,36)(H,37,38). The van der Waals surface area contributed by atoms with Crippen LogP contribution in [0.2, 0.25) is 0 Å². The van der Waals surface area contributed by atoms with Gasteiger partial charge in [-0.05, 0) is 56.2 Å². The topological polar surface area (TPSA) is 306 Å². The number of nitrogens with two attached hydrogens (primary N) is 2. The molecule has 0 atom stereocenters. The molecule has 9 rings (SSSR count). The van der Waals surface area contributed by atoms with Gasteiger partial charge in [0.05, 0.1) is 123 Å². The van der Waals surface area contributed by atoms with Crippen LogP contribution < -0.4 is 26.0 Å². The van der Waals surface area contributed by atoms with Gasteiger partial charge in [0.15, 0.2) is 11.6 Å². The number of anilines is 4. The Bertz CT molecular complexity index is 3810. The van der Waals surface area contributed by atoms with Gasteiger partial charge in [-0.3, -0.25) is 29.0 Å². The fourth-order valence-electron chi connectivity index (χ4n) is 11.9. The first-order valence-corrected chi connectivity index (χ1v) is 36.1. The summed E-state index contributed by atoms with van der Waals surface area (Å²) in [5.74, 6) is -6.92. The van der Waals surface area contributed by atoms with Crippen LogP contribution in [0.3, 0.4) is 0 Å². The lowest BCUT2D eigenvalue weighted by molar-refractivity contribution is -0.137. The zero-order valence-corrected chi connectivity index (χ0v) is 60.9. The van der Waals surface area contributed by atoms with Gasteiger partial charge in [-0.25, -0.2) is 28.7 Å². The van der Waals surface area contributed by atoms with Crippen molar-refractivity contribution in [2.75, 3.05) is 220 Å². The molecule has 0 unspecified atom stereocenters. The number of nitrogens with zero attached hydrogens (tertiary/aromatic N) is 10. The van der Waals surface area contributed by atoms with Crippen molar-refractivity contribution < 1.29 is 79.4 Å². The van der Waals surface area contributed by atoms with Crippen molar-refractivity contribution in [3.05, 3.63) is 77.4 Å². The molecule has 0 radical (unpaired) electrons. The number of fused-ring (bicyclic) bond motifs is 6. The third kappa shape index (κ3) is 25.1. The van der Waals surface area contributed by atoms with Crippen molar-refractivity contribution in [1.29, 1.82) is 0 Å². The van der Waals surface area contributed by atoms with E-state index in [4.69, 9.17) is 59.3 Å². The number of aryl methyl sites for hydroxylation is 2. The largest absolute Gasteiger partial charge is 0.420 e. The van der Waals surface area contributed by atoms with Crippen molar-refractivity contribution in [2.24, 2.45) is 0 Å². The average Bonchev–Trinajstić information content (AvgIpc) is 1.19. The van der Waals surface area contributed by atoms with Crippen LogP contribution in [0.15, 0.2) is 42.5 Å². The third-order valence-corrected chi connectivity index (χ3v) is 17.9. The number of carbonyl (C=O) groups is 4. The summed E-state index contributed by atoms with van der Waals surface area (Å²) in [4.78, 5) is 87.6. The fourth-order valence-corrected chi connectivity index (χ4v) is 11.9. The van der Waals surface area contributed by atoms with Gasteiger partial charge < -0.3 is 83.7 Å². The van der Waals surface area contributed by atoms with E-state index in [9.17, 15) is 36.7 Å². The molecule has 2 aliphatic heterocycles. The Hall–Kier alpha value is -7.98. The second-order valence-corrected chi connectivity index (χ2v) is 25.5. The number of aromatic nitrogens is 6. The molecule has 104 heavy (non-hydrogen) atoms. The van der Waals surface area contributed by atoms with E-state index in [2.05, 4.69) is 82.4 Å². The highest BCUT2D eigenvalue weighted by atomic mass is 19.2. The van der Waals surface area contributed by atoms with E-state index in [1.54, 1.807) is 30.9 Å². The number of pyridine rings is 2. The summed E-state index contributed by atoms with van der Waals surface area (Å²) >= 11 is 0. The number of methoxy groups -OCH3 is 2. The summed E-state index contributed by atoms with van der Waals surface area (Å²) < 4.78 is 103. The average molecular weight is 1460 g/mol. The number of carbonyl (C=O) groups excluding carboxylic acids is 4. The molecule has 2 fully saturated rings. The van der Waals surface area contributed by atoms with E-state index < -0.39 is 41.4 Å². The Morgan fingerprint density at radius 2 is 0.885 bits per heavy atom. The number of nitrogen functional groups attached to an aromatic ring is 2. The van der Waals surface area contributed by atoms with Crippen molar-refractivity contribution in [3.8, 4) is 5.75 Å². The minimum absolute atomic E-state index is 0.00444. The molecule has 6 heterocycles. The van der Waals surface area contributed by atoms with Gasteiger partial charge >= 0.3 is 5.97 Å². The van der Waals surface area contributed by atoms with Crippen molar-refractivity contribution in [2.45, 2.75) is 85.0 Å². The molecule has 0 spiro atoms. The van der Waals surface area contributed by atoms with Crippen LogP contribution in [0, 0.1) is 23.3 Å². The maximum Gasteiger partial charge on any atom is 0.313 e. The Kier molecular flexibility index (Phi) is 34.1. The number of hydrogen-bond acceptors (Lipinski definition) is 23. The molecule has 0 aliphatic carbocycles. The quantitative estimate of drug-likeness (QED) is 0.00935. The number of unbranched alkanes of at least 4 members (excludes halogenated alkanes) is 2. The monoisotopic (exact) mass is 1460 g/mol. The van der Waals surface area contributed by atoms with Crippen LogP contribution in [0.4, 0.5) is 40.6 Å². The lowest BCUT2D eigenvalue weighted by atomic mass is 10.1. The predicted octanol–water partition coefficient (Wildman–Crippen LogP) is 7.68. The lowest BCUT2D eigenvalue weighted by Crippen LogP contribution is -2.47. The number of hydrogen-bond donors (Lipinski definition) is 4. The summed E-state index contributed by atoms with van der Waals surface area (Å²) in [5.41, 5.74) is 19.8. The highest BCUT2D eigenvalue weighted by Crippen LogP contribution is 2.33. The number of esters is 1. The molecule has 2 saturated heterocycles. The smallest absolute Gasteiger partial charge is 0.313 e. The molecule has 7 aromatic rings. The van der Waals surface area contributed by atoms with Crippen LogP contribution in [0.25, 0.3) is 43.9 Å². The van der Waals surface area contributed by atoms with E-state index in [1.807, 2.05) is 12.1 Å². The number of amides is 2. The molecule has 2 amide bonds. The number of H-pyrrole nitrogens is 2. The molecule has 27 nitrogen and oxygen atoms in total. The number of aromatic amines is 2. The van der Waals surface area contributed by atoms with Crippen molar-refractivity contribution in [3.63, 3.8) is 0 Å². The number of benzene rings is 3. The first kappa shape index (κ1) is 81.7. The first-order valence-electron chi connectivity index (χ1n) is 36.1. The summed E-state index contributed by atoms with van der Waals surface area (Å²) in [6.07, 6.45) is 6.40. The second kappa shape index (κ2) is 43.5. The van der Waals surface area contributed by atoms with Crippen LogP contribution >= 0.6 is 0 Å². The highest BCUT2D eigenvalue weighted by molar-refractivity contribution is 6.08. The van der Waals surface area contributed by atoms with Crippen LogP contribution in [-0.2, 0) is 69.9 Å². The second-order valence-electron chi connectivity index (χ2n) is 25.5. The highest BCUT2D eigenvalue weighted by Gasteiger charge is 2.26. The zero-order valence-electron chi connectivity index (χ0n) is 60.9. The normalized spacial score (nSPS) is 13.7. The molecule has 0 bridgehead atoms. The van der Waals surface area contributed by atoms with E-state index in [0.717, 1.165) is 165 Å². The van der Waals surface area contributed by atoms with Gasteiger partial charge in [0.25, 0.3) is 0 Å². The Morgan fingerprint density at radius 1 is 0.490 bits per heavy atom. The summed E-state index contributed by atoms with van der Waals surface area (Å²) in [7, 11) is 3.17. The summed E-state index contributed by atoms with van der Waals surface area (Å²) in [6, 6.07) is 12.6. The Morgan fingerprint density at radius 3 is 1.29 bits per heavy atom. The number of halogens is 4. The number of piperazine rings is 2. The molecular weight excluding hydrogens is 1360 g/mol. The Balaban J connectivity index is 0.000000268. The lowest BCUT2D eigenvalue weighted by Gasteiger charge is -2.36. The van der Waals surface area contributed by atoms with Gasteiger partial charge in [0.2, 0.25) is 29.2 Å². The molecule has 0 saturated carbocycles. The van der Waals surface area contributed by atoms with Gasteiger partial charge in [0.1, 0.15) is 51.1 Å². The number of ether oxygens (including phenoxy) is 9. The summed E-state index contributed by atoms with van der Waals surface area (Å²) in [6.45, 7) is 20.4. The van der Waals surface area contributed by atoms with Gasteiger partial charge in [-0.1, -0.05) is 26.7 Å². The van der Waals surface area contributed by atoms with Crippen molar-refractivity contribution in [1.82, 2.24) is 49.5 Å². The number of nitrogens with one attached hydrogen (secondary N) is 2. The SMILES string of the molecule is CCCCc1nc2c([nH]1)c(N)nc1ccc(N3CCN(CCOCCN(CCOCCC(=O)Oc4c(F)c(F)cc(F)c4F)C(=O)CCOCCOC)CC3)cc12.CCCCc1nc2c([nH]1)c(N)nc1ccc(N3CCN(CCOCCN(CCOCCC(C)=O)C(=O)CCOCCOC)CC3)cc12. The van der Waals surface area contributed by atoms with E-state index in [1.165, 1.54) is 5.69 Å². The molecule has 2 aliphatic rings. The predicted molar refractivity (Wildman–Crippen MR) is 389 cm³/mol. The molecule has 31 heteroatoms.